The summed E-state index contributed by atoms with van der Waals surface area (Å²) in [6.07, 6.45) is 2.68. The van der Waals surface area contributed by atoms with Gasteiger partial charge in [0, 0.05) is 13.1 Å². The number of nitrogen functional groups attached to an aromatic ring is 1. The number of nitrogens with zero attached hydrogens (tertiary/aromatic N) is 3. The molecule has 0 unspecified atom stereocenters. The van der Waals surface area contributed by atoms with Crippen molar-refractivity contribution in [3.8, 4) is 0 Å². The Kier molecular flexibility index (Phi) is 6.00. The molecule has 1 heterocycles. The molecule has 96 valence electrons. The van der Waals surface area contributed by atoms with Gasteiger partial charge in [-0.1, -0.05) is 13.8 Å². The van der Waals surface area contributed by atoms with E-state index >= 15 is 0 Å². The second-order valence-electron chi connectivity index (χ2n) is 3.80. The van der Waals surface area contributed by atoms with Gasteiger partial charge in [-0.3, -0.25) is 0 Å². The Hall–Kier alpha value is -1.07. The summed E-state index contributed by atoms with van der Waals surface area (Å²) in [5, 5.41) is 3.39. The van der Waals surface area contributed by atoms with Crippen molar-refractivity contribution in [2.75, 3.05) is 37.2 Å². The van der Waals surface area contributed by atoms with Crippen LogP contribution in [0.5, 0.6) is 0 Å². The van der Waals surface area contributed by atoms with Crippen LogP contribution in [0.1, 0.15) is 20.3 Å². The van der Waals surface area contributed by atoms with E-state index in [1.54, 1.807) is 0 Å². The Morgan fingerprint density at radius 2 is 2.18 bits per heavy atom. The minimum Gasteiger partial charge on any atom is -0.394 e. The smallest absolute Gasteiger partial charge is 0.224 e. The number of halogens is 1. The standard InChI is InChI=1S/C11H20ClN5/c1-3-6-17(4-2)7-5-14-10-9(13)8-15-11(12)16-10/h8H,3-7,13H2,1-2H3,(H,14,15,16). The zero-order valence-electron chi connectivity index (χ0n) is 10.4. The van der Waals surface area contributed by atoms with Gasteiger partial charge >= 0.3 is 0 Å². The third-order valence-corrected chi connectivity index (χ3v) is 2.68. The van der Waals surface area contributed by atoms with Crippen LogP contribution in [-0.2, 0) is 0 Å². The molecule has 3 N–H and O–H groups in total. The normalized spacial score (nSPS) is 10.8. The second-order valence-corrected chi connectivity index (χ2v) is 4.14. The van der Waals surface area contributed by atoms with E-state index in [1.807, 2.05) is 0 Å². The average molecular weight is 258 g/mol. The summed E-state index contributed by atoms with van der Waals surface area (Å²) in [5.41, 5.74) is 6.26. The van der Waals surface area contributed by atoms with Gasteiger partial charge in [0.15, 0.2) is 5.82 Å². The fraction of sp³-hybridized carbons (Fsp3) is 0.636. The van der Waals surface area contributed by atoms with E-state index in [0.717, 1.165) is 32.6 Å². The number of hydrogen-bond donors (Lipinski definition) is 2. The molecule has 0 aliphatic heterocycles. The molecule has 1 aromatic heterocycles. The zero-order chi connectivity index (χ0) is 12.7. The predicted octanol–water partition coefficient (Wildman–Crippen LogP) is 1.86. The number of anilines is 2. The lowest BCUT2D eigenvalue weighted by atomic mass is 10.4. The summed E-state index contributed by atoms with van der Waals surface area (Å²) in [4.78, 5) is 10.2. The SMILES string of the molecule is CCCN(CC)CCNc1nc(Cl)ncc1N. The van der Waals surface area contributed by atoms with Crippen molar-refractivity contribution in [1.82, 2.24) is 14.9 Å². The summed E-state index contributed by atoms with van der Waals surface area (Å²) < 4.78 is 0. The molecule has 0 atom stereocenters. The first-order chi connectivity index (χ1) is 8.17. The number of nitrogens with one attached hydrogen (secondary N) is 1. The van der Waals surface area contributed by atoms with Gasteiger partial charge in [0.05, 0.1) is 11.9 Å². The van der Waals surface area contributed by atoms with Crippen LogP contribution in [0.4, 0.5) is 11.5 Å². The summed E-state index contributed by atoms with van der Waals surface area (Å²) in [6, 6.07) is 0. The molecule has 1 aromatic rings. The molecule has 6 heteroatoms. The molecule has 0 saturated carbocycles. The lowest BCUT2D eigenvalue weighted by molar-refractivity contribution is 0.300. The molecule has 0 aromatic carbocycles. The molecular weight excluding hydrogens is 238 g/mol. The lowest BCUT2D eigenvalue weighted by Crippen LogP contribution is -2.29. The molecule has 0 radical (unpaired) electrons. The maximum atomic E-state index is 5.74. The molecular formula is C11H20ClN5. The average Bonchev–Trinajstić information content (AvgIpc) is 2.32. The predicted molar refractivity (Wildman–Crippen MR) is 72.3 cm³/mol. The number of aromatic nitrogens is 2. The lowest BCUT2D eigenvalue weighted by Gasteiger charge is -2.19. The highest BCUT2D eigenvalue weighted by Crippen LogP contribution is 2.15. The summed E-state index contributed by atoms with van der Waals surface area (Å²) in [7, 11) is 0. The van der Waals surface area contributed by atoms with Crippen LogP contribution < -0.4 is 11.1 Å². The topological polar surface area (TPSA) is 67.1 Å². The van der Waals surface area contributed by atoms with Crippen molar-refractivity contribution in [2.24, 2.45) is 0 Å². The molecule has 0 bridgehead atoms. The maximum Gasteiger partial charge on any atom is 0.224 e. The Labute approximate surface area is 107 Å². The number of rotatable bonds is 7. The quantitative estimate of drug-likeness (QED) is 0.730. The Morgan fingerprint density at radius 3 is 2.82 bits per heavy atom. The van der Waals surface area contributed by atoms with Gasteiger partial charge < -0.3 is 16.0 Å². The van der Waals surface area contributed by atoms with Crippen LogP contribution in [0.15, 0.2) is 6.20 Å². The fourth-order valence-electron chi connectivity index (χ4n) is 1.59. The third kappa shape index (κ3) is 4.75. The fourth-order valence-corrected chi connectivity index (χ4v) is 1.72. The summed E-state index contributed by atoms with van der Waals surface area (Å²) in [5.74, 6) is 0.609. The minimum atomic E-state index is 0.211. The Bertz CT molecular complexity index is 345. The van der Waals surface area contributed by atoms with Gasteiger partial charge in [-0.05, 0) is 31.1 Å². The van der Waals surface area contributed by atoms with Crippen LogP contribution in [0.3, 0.4) is 0 Å². The molecule has 0 saturated heterocycles. The molecule has 17 heavy (non-hydrogen) atoms. The number of hydrogen-bond acceptors (Lipinski definition) is 5. The molecule has 0 amide bonds. The zero-order valence-corrected chi connectivity index (χ0v) is 11.2. The highest BCUT2D eigenvalue weighted by atomic mass is 35.5. The van der Waals surface area contributed by atoms with Gasteiger partial charge in [0.2, 0.25) is 5.28 Å². The third-order valence-electron chi connectivity index (χ3n) is 2.50. The first kappa shape index (κ1) is 14.0. The molecule has 0 fully saturated rings. The van der Waals surface area contributed by atoms with Crippen molar-refractivity contribution in [3.63, 3.8) is 0 Å². The highest BCUT2D eigenvalue weighted by molar-refractivity contribution is 6.28. The molecule has 0 aliphatic carbocycles. The summed E-state index contributed by atoms with van der Waals surface area (Å²) >= 11 is 5.71. The first-order valence-electron chi connectivity index (χ1n) is 5.91. The van der Waals surface area contributed by atoms with E-state index in [4.69, 9.17) is 17.3 Å². The van der Waals surface area contributed by atoms with E-state index in [-0.39, 0.29) is 5.28 Å². The van der Waals surface area contributed by atoms with Gasteiger partial charge in [-0.2, -0.15) is 4.98 Å². The summed E-state index contributed by atoms with van der Waals surface area (Å²) in [6.45, 7) is 8.26. The van der Waals surface area contributed by atoms with E-state index in [2.05, 4.69) is 34.0 Å². The van der Waals surface area contributed by atoms with Gasteiger partial charge in [0.1, 0.15) is 0 Å². The van der Waals surface area contributed by atoms with E-state index in [9.17, 15) is 0 Å². The Morgan fingerprint density at radius 1 is 1.41 bits per heavy atom. The maximum absolute atomic E-state index is 5.74. The van der Waals surface area contributed by atoms with E-state index < -0.39 is 0 Å². The van der Waals surface area contributed by atoms with Gasteiger partial charge in [-0.15, -0.1) is 0 Å². The van der Waals surface area contributed by atoms with Crippen molar-refractivity contribution >= 4 is 23.1 Å². The number of likely N-dealkylation sites (N-methyl/N-ethyl adjacent to an activating group) is 1. The molecule has 0 spiro atoms. The van der Waals surface area contributed by atoms with Crippen LogP contribution in [0.2, 0.25) is 5.28 Å². The van der Waals surface area contributed by atoms with Crippen LogP contribution in [0, 0.1) is 0 Å². The van der Waals surface area contributed by atoms with Crippen LogP contribution in [0.25, 0.3) is 0 Å². The largest absolute Gasteiger partial charge is 0.394 e. The molecule has 0 aliphatic rings. The van der Waals surface area contributed by atoms with Crippen molar-refractivity contribution in [3.05, 3.63) is 11.5 Å². The van der Waals surface area contributed by atoms with Crippen molar-refractivity contribution in [1.29, 1.82) is 0 Å². The molecule has 5 nitrogen and oxygen atoms in total. The monoisotopic (exact) mass is 257 g/mol. The van der Waals surface area contributed by atoms with Crippen molar-refractivity contribution < 1.29 is 0 Å². The Balaban J connectivity index is 2.42. The first-order valence-corrected chi connectivity index (χ1v) is 6.29. The van der Waals surface area contributed by atoms with Crippen molar-refractivity contribution in [2.45, 2.75) is 20.3 Å². The highest BCUT2D eigenvalue weighted by Gasteiger charge is 2.04. The van der Waals surface area contributed by atoms with Crippen LogP contribution >= 0.6 is 11.6 Å². The second kappa shape index (κ2) is 7.29. The van der Waals surface area contributed by atoms with E-state index in [1.165, 1.54) is 6.20 Å². The molecule has 1 rings (SSSR count). The van der Waals surface area contributed by atoms with Gasteiger partial charge in [-0.25, -0.2) is 4.98 Å². The van der Waals surface area contributed by atoms with E-state index in [0.29, 0.717) is 11.5 Å². The number of nitrogens with two attached hydrogens (primary N) is 1. The van der Waals surface area contributed by atoms with Crippen LogP contribution in [-0.4, -0.2) is 41.0 Å². The van der Waals surface area contributed by atoms with Gasteiger partial charge in [0.25, 0.3) is 0 Å². The minimum absolute atomic E-state index is 0.211.